The molecule has 0 spiro atoms. The van der Waals surface area contributed by atoms with E-state index in [1.165, 1.54) is 14.2 Å². The number of methoxy groups -OCH3 is 2. The SMILES string of the molecule is COC(=O)C1N=C(c2ccccc2)OC1C(=O)OC. The normalized spacial score (nSPS) is 21.3. The number of rotatable bonds is 3. The highest BCUT2D eigenvalue weighted by molar-refractivity contribution is 6.01. The molecule has 0 amide bonds. The van der Waals surface area contributed by atoms with Gasteiger partial charge < -0.3 is 14.2 Å². The molecule has 1 aromatic rings. The third kappa shape index (κ3) is 2.57. The molecule has 2 unspecified atom stereocenters. The molecule has 2 atom stereocenters. The molecule has 0 N–H and O–H groups in total. The number of aliphatic imine (C=N–C) groups is 1. The van der Waals surface area contributed by atoms with Crippen molar-refractivity contribution in [3.8, 4) is 0 Å². The molecule has 0 radical (unpaired) electrons. The second kappa shape index (κ2) is 5.51. The van der Waals surface area contributed by atoms with Gasteiger partial charge >= 0.3 is 11.9 Å². The van der Waals surface area contributed by atoms with Gasteiger partial charge in [0.25, 0.3) is 0 Å². The highest BCUT2D eigenvalue weighted by atomic mass is 16.6. The first-order valence-corrected chi connectivity index (χ1v) is 5.63. The van der Waals surface area contributed by atoms with E-state index >= 15 is 0 Å². The van der Waals surface area contributed by atoms with E-state index < -0.39 is 24.1 Å². The number of nitrogens with zero attached hydrogens (tertiary/aromatic N) is 1. The molecule has 0 saturated carbocycles. The summed E-state index contributed by atoms with van der Waals surface area (Å²) in [7, 11) is 2.45. The molecule has 1 aliphatic heterocycles. The highest BCUT2D eigenvalue weighted by Gasteiger charge is 2.43. The molecule has 0 fully saturated rings. The minimum absolute atomic E-state index is 0.228. The number of carbonyl (C=O) groups is 2. The fraction of sp³-hybridized carbons (Fsp3) is 0.308. The van der Waals surface area contributed by atoms with Gasteiger partial charge in [-0.05, 0) is 12.1 Å². The van der Waals surface area contributed by atoms with Crippen LogP contribution in [0.5, 0.6) is 0 Å². The van der Waals surface area contributed by atoms with Crippen LogP contribution in [-0.2, 0) is 23.8 Å². The monoisotopic (exact) mass is 263 g/mol. The fourth-order valence-corrected chi connectivity index (χ4v) is 1.72. The van der Waals surface area contributed by atoms with Crippen LogP contribution >= 0.6 is 0 Å². The van der Waals surface area contributed by atoms with Crippen LogP contribution in [-0.4, -0.2) is 44.2 Å². The van der Waals surface area contributed by atoms with Crippen LogP contribution in [0.25, 0.3) is 0 Å². The summed E-state index contributed by atoms with van der Waals surface area (Å²) in [5.74, 6) is -1.07. The van der Waals surface area contributed by atoms with Gasteiger partial charge in [0.05, 0.1) is 14.2 Å². The van der Waals surface area contributed by atoms with Crippen LogP contribution in [0.1, 0.15) is 5.56 Å². The average molecular weight is 263 g/mol. The molecule has 0 bridgehead atoms. The summed E-state index contributed by atoms with van der Waals surface area (Å²) in [5, 5.41) is 0. The van der Waals surface area contributed by atoms with Crippen molar-refractivity contribution in [2.24, 2.45) is 4.99 Å². The first-order chi connectivity index (χ1) is 9.17. The Kier molecular flexibility index (Phi) is 3.79. The molecule has 100 valence electrons. The van der Waals surface area contributed by atoms with Crippen molar-refractivity contribution in [1.82, 2.24) is 0 Å². The van der Waals surface area contributed by atoms with E-state index in [4.69, 9.17) is 4.74 Å². The van der Waals surface area contributed by atoms with E-state index in [1.54, 1.807) is 24.3 Å². The van der Waals surface area contributed by atoms with Crippen LogP contribution in [0.3, 0.4) is 0 Å². The summed E-state index contributed by atoms with van der Waals surface area (Å²) >= 11 is 0. The van der Waals surface area contributed by atoms with Gasteiger partial charge in [-0.15, -0.1) is 0 Å². The molecule has 1 heterocycles. The molecule has 2 rings (SSSR count). The Morgan fingerprint density at radius 3 is 2.32 bits per heavy atom. The predicted molar refractivity (Wildman–Crippen MR) is 65.7 cm³/mol. The molecule has 6 nitrogen and oxygen atoms in total. The highest BCUT2D eigenvalue weighted by Crippen LogP contribution is 2.20. The second-order valence-corrected chi connectivity index (χ2v) is 3.83. The van der Waals surface area contributed by atoms with E-state index in [-0.39, 0.29) is 5.90 Å². The minimum atomic E-state index is -1.10. The average Bonchev–Trinajstić information content (AvgIpc) is 2.91. The summed E-state index contributed by atoms with van der Waals surface area (Å²) in [6.45, 7) is 0. The van der Waals surface area contributed by atoms with E-state index in [9.17, 15) is 9.59 Å². The minimum Gasteiger partial charge on any atom is -0.467 e. The summed E-state index contributed by atoms with van der Waals surface area (Å²) in [6.07, 6.45) is -1.10. The Bertz CT molecular complexity index is 511. The fourth-order valence-electron chi connectivity index (χ4n) is 1.72. The lowest BCUT2D eigenvalue weighted by Gasteiger charge is -2.13. The lowest BCUT2D eigenvalue weighted by atomic mass is 10.2. The maximum atomic E-state index is 11.6. The molecule has 6 heteroatoms. The Morgan fingerprint density at radius 1 is 1.11 bits per heavy atom. The van der Waals surface area contributed by atoms with Gasteiger partial charge in [0.1, 0.15) is 0 Å². The van der Waals surface area contributed by atoms with Crippen LogP contribution < -0.4 is 0 Å². The Morgan fingerprint density at radius 2 is 1.74 bits per heavy atom. The number of benzene rings is 1. The second-order valence-electron chi connectivity index (χ2n) is 3.83. The Balaban J connectivity index is 2.29. The van der Waals surface area contributed by atoms with Crippen molar-refractivity contribution < 1.29 is 23.8 Å². The smallest absolute Gasteiger partial charge is 0.350 e. The van der Waals surface area contributed by atoms with E-state index in [2.05, 4.69) is 14.5 Å². The predicted octanol–water partition coefficient (Wildman–Crippen LogP) is 0.547. The Labute approximate surface area is 110 Å². The van der Waals surface area contributed by atoms with Gasteiger partial charge in [0.2, 0.25) is 12.0 Å². The van der Waals surface area contributed by atoms with E-state index in [1.807, 2.05) is 6.07 Å². The number of carbonyl (C=O) groups excluding carboxylic acids is 2. The zero-order valence-corrected chi connectivity index (χ0v) is 10.5. The van der Waals surface area contributed by atoms with Crippen molar-refractivity contribution in [3.05, 3.63) is 35.9 Å². The first-order valence-electron chi connectivity index (χ1n) is 5.63. The quantitative estimate of drug-likeness (QED) is 0.744. The summed E-state index contributed by atoms with van der Waals surface area (Å²) in [5.41, 5.74) is 0.683. The van der Waals surface area contributed by atoms with Gasteiger partial charge in [-0.2, -0.15) is 0 Å². The van der Waals surface area contributed by atoms with Crippen molar-refractivity contribution in [2.75, 3.05) is 14.2 Å². The molecule has 0 saturated heterocycles. The van der Waals surface area contributed by atoms with Gasteiger partial charge in [-0.25, -0.2) is 14.6 Å². The van der Waals surface area contributed by atoms with Crippen LogP contribution in [0, 0.1) is 0 Å². The summed E-state index contributed by atoms with van der Waals surface area (Å²) in [4.78, 5) is 27.3. The van der Waals surface area contributed by atoms with Gasteiger partial charge in [-0.1, -0.05) is 18.2 Å². The van der Waals surface area contributed by atoms with Gasteiger partial charge in [-0.3, -0.25) is 0 Å². The number of hydrogen-bond acceptors (Lipinski definition) is 6. The van der Waals surface area contributed by atoms with Gasteiger partial charge in [0.15, 0.2) is 6.04 Å². The molecule has 0 aliphatic carbocycles. The van der Waals surface area contributed by atoms with Crippen molar-refractivity contribution in [3.63, 3.8) is 0 Å². The molecule has 0 aromatic heterocycles. The maximum absolute atomic E-state index is 11.6. The van der Waals surface area contributed by atoms with Gasteiger partial charge in [0, 0.05) is 5.56 Å². The zero-order chi connectivity index (χ0) is 13.8. The topological polar surface area (TPSA) is 74.2 Å². The molecule has 19 heavy (non-hydrogen) atoms. The van der Waals surface area contributed by atoms with Crippen molar-refractivity contribution in [2.45, 2.75) is 12.1 Å². The number of esters is 2. The summed E-state index contributed by atoms with van der Waals surface area (Å²) in [6, 6.07) is 7.96. The number of ether oxygens (including phenoxy) is 3. The maximum Gasteiger partial charge on any atom is 0.350 e. The third-order valence-corrected chi connectivity index (χ3v) is 2.68. The Hall–Kier alpha value is -2.37. The third-order valence-electron chi connectivity index (χ3n) is 2.68. The summed E-state index contributed by atoms with van der Waals surface area (Å²) < 4.78 is 14.6. The lowest BCUT2D eigenvalue weighted by Crippen LogP contribution is -2.38. The lowest BCUT2D eigenvalue weighted by molar-refractivity contribution is -0.156. The van der Waals surface area contributed by atoms with Crippen molar-refractivity contribution >= 4 is 17.8 Å². The molecular formula is C13H13NO5. The van der Waals surface area contributed by atoms with Crippen LogP contribution in [0.15, 0.2) is 35.3 Å². The van der Waals surface area contributed by atoms with Crippen molar-refractivity contribution in [1.29, 1.82) is 0 Å². The van der Waals surface area contributed by atoms with Crippen LogP contribution in [0.2, 0.25) is 0 Å². The molecule has 1 aliphatic rings. The van der Waals surface area contributed by atoms with E-state index in [0.717, 1.165) is 0 Å². The molecular weight excluding hydrogens is 250 g/mol. The van der Waals surface area contributed by atoms with E-state index in [0.29, 0.717) is 5.56 Å². The zero-order valence-electron chi connectivity index (χ0n) is 10.5. The van der Waals surface area contributed by atoms with Crippen LogP contribution in [0.4, 0.5) is 0 Å². The first kappa shape index (κ1) is 13.1. The standard InChI is InChI=1S/C13H13NO5/c1-17-12(15)9-10(13(16)18-2)19-11(14-9)8-6-4-3-5-7-8/h3-7,9-10H,1-2H3. The largest absolute Gasteiger partial charge is 0.467 e. The molecule has 1 aromatic carbocycles. The number of hydrogen-bond donors (Lipinski definition) is 0.